The number of carbonyl (C=O) groups is 1. The lowest BCUT2D eigenvalue weighted by Gasteiger charge is -2.34. The number of hydrogen-bond acceptors (Lipinski definition) is 5. The molecule has 3 aliphatic rings. The van der Waals surface area contributed by atoms with Gasteiger partial charge in [0.25, 0.3) is 0 Å². The van der Waals surface area contributed by atoms with Crippen LogP contribution in [0.4, 0.5) is 0 Å². The van der Waals surface area contributed by atoms with Crippen molar-refractivity contribution in [1.82, 2.24) is 4.90 Å². The topological polar surface area (TPSA) is 82.8 Å². The molecule has 0 radical (unpaired) electrons. The lowest BCUT2D eigenvalue weighted by atomic mass is 9.96. The van der Waals surface area contributed by atoms with Crippen molar-refractivity contribution in [3.8, 4) is 28.7 Å². The molecule has 2 unspecified atom stereocenters. The first kappa shape index (κ1) is 29.1. The van der Waals surface area contributed by atoms with E-state index in [4.69, 9.17) is 9.47 Å². The highest BCUT2D eigenvalue weighted by molar-refractivity contribution is 5.83. The Morgan fingerprint density at radius 1 is 0.956 bits per heavy atom. The number of aliphatic carboxylic acids is 1. The summed E-state index contributed by atoms with van der Waals surface area (Å²) in [6, 6.07) is 28.5. The van der Waals surface area contributed by atoms with Crippen molar-refractivity contribution in [3.63, 3.8) is 0 Å². The first-order valence-electron chi connectivity index (χ1n) is 16.0. The van der Waals surface area contributed by atoms with Gasteiger partial charge in [-0.15, -0.1) is 0 Å². The van der Waals surface area contributed by atoms with Crippen LogP contribution in [0, 0.1) is 24.2 Å². The van der Waals surface area contributed by atoms with Gasteiger partial charge < -0.3 is 14.6 Å². The lowest BCUT2D eigenvalue weighted by Crippen LogP contribution is -2.47. The average Bonchev–Trinajstić information content (AvgIpc) is 3.65. The van der Waals surface area contributed by atoms with E-state index in [-0.39, 0.29) is 5.92 Å². The van der Waals surface area contributed by atoms with Gasteiger partial charge in [0.2, 0.25) is 0 Å². The fourth-order valence-corrected chi connectivity index (χ4v) is 7.62. The number of piperidine rings is 1. The summed E-state index contributed by atoms with van der Waals surface area (Å²) in [5.74, 6) is 1.11. The first-order valence-corrected chi connectivity index (χ1v) is 16.0. The maximum absolute atomic E-state index is 12.5. The molecule has 4 aromatic rings. The Morgan fingerprint density at radius 2 is 1.76 bits per heavy atom. The summed E-state index contributed by atoms with van der Waals surface area (Å²) >= 11 is 0. The molecule has 2 aliphatic carbocycles. The zero-order chi connectivity index (χ0) is 31.0. The molecule has 1 heterocycles. The lowest BCUT2D eigenvalue weighted by molar-refractivity contribution is -0.147. The number of carboxylic acid groups (broad SMARTS) is 1. The normalized spacial score (nSPS) is 20.1. The Balaban J connectivity index is 1.22. The highest BCUT2D eigenvalue weighted by atomic mass is 16.5. The summed E-state index contributed by atoms with van der Waals surface area (Å²) < 4.78 is 13.2. The van der Waals surface area contributed by atoms with Gasteiger partial charge in [-0.2, -0.15) is 5.26 Å². The van der Waals surface area contributed by atoms with E-state index in [1.165, 1.54) is 27.8 Å². The van der Waals surface area contributed by atoms with Crippen LogP contribution in [-0.2, 0) is 37.4 Å². The third kappa shape index (κ3) is 5.47. The Labute approximate surface area is 264 Å². The van der Waals surface area contributed by atoms with E-state index in [0.29, 0.717) is 25.3 Å². The van der Waals surface area contributed by atoms with Crippen LogP contribution in [0.3, 0.4) is 0 Å². The van der Waals surface area contributed by atoms with Crippen molar-refractivity contribution in [2.24, 2.45) is 5.92 Å². The van der Waals surface area contributed by atoms with Gasteiger partial charge in [0.1, 0.15) is 30.3 Å². The molecular formula is C39H38N2O4. The van der Waals surface area contributed by atoms with Gasteiger partial charge in [0, 0.05) is 18.2 Å². The smallest absolute Gasteiger partial charge is 0.324 e. The molecule has 1 aliphatic heterocycles. The third-order valence-electron chi connectivity index (χ3n) is 10.1. The number of hydrogen-bond donors (Lipinski definition) is 1. The van der Waals surface area contributed by atoms with Crippen LogP contribution < -0.4 is 9.47 Å². The van der Waals surface area contributed by atoms with E-state index in [1.54, 1.807) is 6.07 Å². The van der Waals surface area contributed by atoms with E-state index in [9.17, 15) is 15.2 Å². The predicted molar refractivity (Wildman–Crippen MR) is 173 cm³/mol. The van der Waals surface area contributed by atoms with Crippen LogP contribution in [0.2, 0.25) is 0 Å². The van der Waals surface area contributed by atoms with Gasteiger partial charge in [-0.1, -0.05) is 60.7 Å². The largest absolute Gasteiger partial charge is 0.488 e. The average molecular weight is 599 g/mol. The highest BCUT2D eigenvalue weighted by Gasteiger charge is 2.65. The van der Waals surface area contributed by atoms with Crippen LogP contribution >= 0.6 is 0 Å². The van der Waals surface area contributed by atoms with Gasteiger partial charge >= 0.3 is 5.97 Å². The minimum Gasteiger partial charge on any atom is -0.488 e. The molecule has 0 spiro atoms. The van der Waals surface area contributed by atoms with Crippen LogP contribution in [0.15, 0.2) is 78.9 Å². The number of nitriles is 1. The van der Waals surface area contributed by atoms with Gasteiger partial charge in [0.15, 0.2) is 0 Å². The Bertz CT molecular complexity index is 1790. The Morgan fingerprint density at radius 3 is 2.58 bits per heavy atom. The van der Waals surface area contributed by atoms with Crippen molar-refractivity contribution < 1.29 is 19.4 Å². The molecule has 0 amide bonds. The van der Waals surface area contributed by atoms with Gasteiger partial charge in [-0.3, -0.25) is 9.69 Å². The molecule has 0 aromatic heterocycles. The molecule has 1 saturated carbocycles. The SMILES string of the molecule is Cc1c(COc2cc(OCc3cccc(C#N)c3)c(CN3CCCC4CC43C(=O)O)c3c2CCC3)cccc1-c1ccccc1. The number of benzene rings is 4. The molecule has 45 heavy (non-hydrogen) atoms. The highest BCUT2D eigenvalue weighted by Crippen LogP contribution is 2.55. The molecule has 1 N–H and O–H groups in total. The number of rotatable bonds is 10. The van der Waals surface area contributed by atoms with Gasteiger partial charge in [-0.05, 0) is 109 Å². The van der Waals surface area contributed by atoms with E-state index in [2.05, 4.69) is 60.4 Å². The van der Waals surface area contributed by atoms with Crippen LogP contribution in [0.1, 0.15) is 64.6 Å². The minimum absolute atomic E-state index is 0.229. The quantitative estimate of drug-likeness (QED) is 0.202. The number of fused-ring (bicyclic) bond motifs is 2. The minimum atomic E-state index is -0.751. The van der Waals surface area contributed by atoms with Crippen molar-refractivity contribution >= 4 is 5.97 Å². The molecule has 4 aromatic carbocycles. The van der Waals surface area contributed by atoms with Crippen molar-refractivity contribution in [1.29, 1.82) is 5.26 Å². The molecule has 228 valence electrons. The summed E-state index contributed by atoms with van der Waals surface area (Å²) in [5, 5.41) is 19.7. The second-order valence-corrected chi connectivity index (χ2v) is 12.7. The first-order chi connectivity index (χ1) is 22.0. The monoisotopic (exact) mass is 598 g/mol. The molecule has 7 rings (SSSR count). The second kappa shape index (κ2) is 12.1. The molecule has 0 bridgehead atoms. The Hall–Kier alpha value is -4.60. The van der Waals surface area contributed by atoms with E-state index >= 15 is 0 Å². The van der Waals surface area contributed by atoms with E-state index < -0.39 is 11.5 Å². The molecule has 6 nitrogen and oxygen atoms in total. The number of likely N-dealkylation sites (tertiary alicyclic amines) is 1. The fraction of sp³-hybridized carbons (Fsp3) is 0.333. The van der Waals surface area contributed by atoms with Crippen LogP contribution in [-0.4, -0.2) is 28.1 Å². The molecular weight excluding hydrogens is 560 g/mol. The fourth-order valence-electron chi connectivity index (χ4n) is 7.62. The molecule has 6 heteroatoms. The van der Waals surface area contributed by atoms with Crippen molar-refractivity contribution in [3.05, 3.63) is 118 Å². The van der Waals surface area contributed by atoms with E-state index in [0.717, 1.165) is 73.3 Å². The summed E-state index contributed by atoms with van der Waals surface area (Å²) in [6.45, 7) is 4.23. The second-order valence-electron chi connectivity index (χ2n) is 12.7. The summed E-state index contributed by atoms with van der Waals surface area (Å²) in [7, 11) is 0. The molecule has 1 saturated heterocycles. The summed E-state index contributed by atoms with van der Waals surface area (Å²) in [6.07, 6.45) is 5.60. The van der Waals surface area contributed by atoms with Crippen molar-refractivity contribution in [2.75, 3.05) is 6.54 Å². The zero-order valence-corrected chi connectivity index (χ0v) is 25.7. The summed E-state index contributed by atoms with van der Waals surface area (Å²) in [4.78, 5) is 14.7. The van der Waals surface area contributed by atoms with Gasteiger partial charge in [0.05, 0.1) is 11.6 Å². The van der Waals surface area contributed by atoms with Crippen LogP contribution in [0.5, 0.6) is 11.5 Å². The van der Waals surface area contributed by atoms with Crippen LogP contribution in [0.25, 0.3) is 11.1 Å². The zero-order valence-electron chi connectivity index (χ0n) is 25.7. The number of ether oxygens (including phenoxy) is 2. The van der Waals surface area contributed by atoms with Crippen molar-refractivity contribution in [2.45, 2.75) is 70.7 Å². The predicted octanol–water partition coefficient (Wildman–Crippen LogP) is 7.62. The van der Waals surface area contributed by atoms with Gasteiger partial charge in [-0.25, -0.2) is 0 Å². The number of carboxylic acids is 1. The maximum Gasteiger partial charge on any atom is 0.324 e. The summed E-state index contributed by atoms with van der Waals surface area (Å²) in [5.41, 5.74) is 9.04. The number of nitrogens with zero attached hydrogens (tertiary/aromatic N) is 2. The standard InChI is InChI=1S/C39H38N2O4/c1-26-30(13-6-15-32(26)29-11-3-2-4-12-29)25-45-36-20-37(44-24-28-10-5-9-27(19-28)22-40)35(33-16-7-17-34(33)36)23-41-18-8-14-31-21-39(31,41)38(42)43/h2-6,9-13,15,19-20,31H,7-8,14,16-18,21,23-25H2,1H3,(H,42,43). The molecule has 2 atom stereocenters. The molecule has 2 fully saturated rings. The Kier molecular flexibility index (Phi) is 7.81. The third-order valence-corrected chi connectivity index (χ3v) is 10.1. The maximum atomic E-state index is 12.5. The van der Waals surface area contributed by atoms with E-state index in [1.807, 2.05) is 30.3 Å².